The Hall–Kier alpha value is -1.76. The number of sulfone groups is 1. The topological polar surface area (TPSA) is 64.6 Å². The number of rotatable bonds is 6. The fraction of sp³-hybridized carbons (Fsp3) is 0.455. The predicted octanol–water partition coefficient (Wildman–Crippen LogP) is 4.06. The zero-order valence-electron chi connectivity index (χ0n) is 17.3. The van der Waals surface area contributed by atoms with E-state index >= 15 is 0 Å². The summed E-state index contributed by atoms with van der Waals surface area (Å²) in [7, 11) is -0.0960. The second kappa shape index (κ2) is 8.94. The van der Waals surface area contributed by atoms with Crippen LogP contribution in [0.5, 0.6) is 11.5 Å². The van der Waals surface area contributed by atoms with E-state index in [1.165, 1.54) is 0 Å². The molecule has 1 atom stereocenters. The Morgan fingerprint density at radius 1 is 1.17 bits per heavy atom. The molecule has 0 saturated carbocycles. The van der Waals surface area contributed by atoms with Crippen LogP contribution in [0.15, 0.2) is 35.2 Å². The largest absolute Gasteiger partial charge is 0.493 e. The first-order chi connectivity index (χ1) is 13.8. The molecule has 158 valence electrons. The molecule has 29 heavy (non-hydrogen) atoms. The molecule has 5 nitrogen and oxygen atoms in total. The number of methoxy groups -OCH3 is 2. The van der Waals surface area contributed by atoms with Gasteiger partial charge in [0, 0.05) is 12.5 Å². The highest BCUT2D eigenvalue weighted by atomic mass is 35.5. The van der Waals surface area contributed by atoms with Crippen LogP contribution in [0.3, 0.4) is 0 Å². The summed E-state index contributed by atoms with van der Waals surface area (Å²) in [5, 5.41) is 4.03. The summed E-state index contributed by atoms with van der Waals surface area (Å²) in [4.78, 5) is 0.363. The lowest BCUT2D eigenvalue weighted by Gasteiger charge is -2.22. The van der Waals surface area contributed by atoms with Crippen molar-refractivity contribution in [2.24, 2.45) is 5.92 Å². The minimum Gasteiger partial charge on any atom is -0.493 e. The van der Waals surface area contributed by atoms with E-state index in [4.69, 9.17) is 21.1 Å². The Bertz CT molecular complexity index is 971. The Kier molecular flexibility index (Phi) is 6.76. The van der Waals surface area contributed by atoms with Crippen molar-refractivity contribution >= 4 is 21.4 Å². The van der Waals surface area contributed by atoms with Gasteiger partial charge < -0.3 is 14.8 Å². The summed E-state index contributed by atoms with van der Waals surface area (Å²) >= 11 is 6.66. The zero-order valence-corrected chi connectivity index (χ0v) is 18.9. The second-order valence-corrected chi connectivity index (χ2v) is 10.2. The van der Waals surface area contributed by atoms with E-state index in [0.717, 1.165) is 36.2 Å². The Morgan fingerprint density at radius 3 is 2.45 bits per heavy atom. The van der Waals surface area contributed by atoms with Crippen LogP contribution in [0, 0.1) is 5.92 Å². The predicted molar refractivity (Wildman–Crippen MR) is 116 cm³/mol. The highest BCUT2D eigenvalue weighted by Crippen LogP contribution is 2.44. The quantitative estimate of drug-likeness (QED) is 0.738. The van der Waals surface area contributed by atoms with Gasteiger partial charge in [-0.25, -0.2) is 8.42 Å². The van der Waals surface area contributed by atoms with Crippen molar-refractivity contribution in [2.75, 3.05) is 33.1 Å². The molecule has 7 heteroatoms. The van der Waals surface area contributed by atoms with Crippen molar-refractivity contribution in [3.63, 3.8) is 0 Å². The first kappa shape index (κ1) is 21.9. The molecule has 0 spiro atoms. The van der Waals surface area contributed by atoms with Gasteiger partial charge in [0.25, 0.3) is 0 Å². The van der Waals surface area contributed by atoms with E-state index in [9.17, 15) is 8.42 Å². The maximum Gasteiger partial charge on any atom is 0.179 e. The molecule has 2 aromatic carbocycles. The lowest BCUT2D eigenvalue weighted by molar-refractivity contribution is 0.354. The van der Waals surface area contributed by atoms with Gasteiger partial charge in [-0.2, -0.15) is 0 Å². The molecule has 1 N–H and O–H groups in total. The van der Waals surface area contributed by atoms with Crippen molar-refractivity contribution in [3.05, 3.63) is 52.0 Å². The maximum absolute atomic E-state index is 12.5. The zero-order chi connectivity index (χ0) is 21.2. The van der Waals surface area contributed by atoms with Crippen LogP contribution < -0.4 is 14.8 Å². The van der Waals surface area contributed by atoms with Crippen LogP contribution in [0.1, 0.15) is 36.5 Å². The molecule has 0 aromatic heterocycles. The third kappa shape index (κ3) is 4.55. The molecule has 1 aliphatic rings. The molecule has 0 saturated heterocycles. The van der Waals surface area contributed by atoms with Crippen molar-refractivity contribution in [2.45, 2.75) is 31.1 Å². The van der Waals surface area contributed by atoms with Gasteiger partial charge in [-0.15, -0.1) is 0 Å². The Labute approximate surface area is 178 Å². The molecule has 0 fully saturated rings. The second-order valence-electron chi connectivity index (χ2n) is 7.74. The average Bonchev–Trinajstić information content (AvgIpc) is 2.89. The maximum atomic E-state index is 12.5. The highest BCUT2D eigenvalue weighted by Gasteiger charge is 2.27. The third-order valence-corrected chi connectivity index (χ3v) is 7.71. The number of nitrogens with one attached hydrogen (secondary N) is 1. The van der Waals surface area contributed by atoms with Gasteiger partial charge in [0.2, 0.25) is 0 Å². The lowest BCUT2D eigenvalue weighted by Crippen LogP contribution is -2.21. The molecule has 2 aromatic rings. The van der Waals surface area contributed by atoms with Gasteiger partial charge in [-0.05, 0) is 53.8 Å². The normalized spacial score (nSPS) is 17.0. The fourth-order valence-corrected chi connectivity index (χ4v) is 5.88. The molecule has 1 heterocycles. The van der Waals surface area contributed by atoms with Crippen LogP contribution in [-0.4, -0.2) is 41.5 Å². The van der Waals surface area contributed by atoms with Crippen LogP contribution in [0.2, 0.25) is 5.02 Å². The van der Waals surface area contributed by atoms with Crippen LogP contribution in [0.4, 0.5) is 0 Å². The number of halogens is 1. The van der Waals surface area contributed by atoms with Gasteiger partial charge in [0.15, 0.2) is 21.3 Å². The summed E-state index contributed by atoms with van der Waals surface area (Å²) < 4.78 is 36.0. The number of hydrogen-bond donors (Lipinski definition) is 1. The van der Waals surface area contributed by atoms with E-state index in [1.807, 2.05) is 32.0 Å². The number of fused-ring (bicyclic) bond motifs is 1. The van der Waals surface area contributed by atoms with E-state index in [1.54, 1.807) is 26.4 Å². The molecule has 0 bridgehead atoms. The Morgan fingerprint density at radius 2 is 1.86 bits per heavy atom. The summed E-state index contributed by atoms with van der Waals surface area (Å²) in [5.74, 6) is 1.41. The van der Waals surface area contributed by atoms with Crippen LogP contribution >= 0.6 is 11.6 Å². The molecular formula is C22H28ClNO4S. The summed E-state index contributed by atoms with van der Waals surface area (Å²) in [5.41, 5.74) is 3.15. The van der Waals surface area contributed by atoms with Crippen molar-refractivity contribution < 1.29 is 17.9 Å². The number of benzene rings is 2. The first-order valence-electron chi connectivity index (χ1n) is 9.75. The average molecular weight is 438 g/mol. The monoisotopic (exact) mass is 437 g/mol. The Balaban J connectivity index is 2.04. The number of ether oxygens (including phenoxy) is 2. The van der Waals surface area contributed by atoms with Crippen molar-refractivity contribution in [3.8, 4) is 11.5 Å². The number of hydrogen-bond acceptors (Lipinski definition) is 5. The molecule has 0 amide bonds. The molecule has 3 rings (SSSR count). The third-order valence-electron chi connectivity index (χ3n) is 5.22. The van der Waals surface area contributed by atoms with E-state index < -0.39 is 9.84 Å². The summed E-state index contributed by atoms with van der Waals surface area (Å²) in [6.45, 7) is 5.35. The van der Waals surface area contributed by atoms with Gasteiger partial charge in [0.05, 0.1) is 29.9 Å². The highest BCUT2D eigenvalue weighted by molar-refractivity contribution is 7.91. The lowest BCUT2D eigenvalue weighted by atomic mass is 9.87. The van der Waals surface area contributed by atoms with E-state index in [0.29, 0.717) is 21.4 Å². The smallest absolute Gasteiger partial charge is 0.179 e. The molecule has 1 unspecified atom stereocenters. The molecule has 1 aliphatic heterocycles. The minimum atomic E-state index is -3.27. The van der Waals surface area contributed by atoms with Gasteiger partial charge in [0.1, 0.15) is 0 Å². The van der Waals surface area contributed by atoms with E-state index in [2.05, 4.69) is 5.32 Å². The standard InChI is InChI=1S/C22H28ClNO4S/c1-14(2)13-29(25,26)16-7-5-15(6-8-16)19-12-24-10-9-17-18(19)11-20(27-3)22(28-4)21(17)23/h5-8,11,14,19,24H,9-10,12-13H2,1-4H3. The fourth-order valence-electron chi connectivity index (χ4n) is 3.88. The van der Waals surface area contributed by atoms with Gasteiger partial charge >= 0.3 is 0 Å². The summed E-state index contributed by atoms with van der Waals surface area (Å²) in [6, 6.07) is 9.21. The molecule has 0 aliphatic carbocycles. The molecule has 0 radical (unpaired) electrons. The molecular weight excluding hydrogens is 410 g/mol. The van der Waals surface area contributed by atoms with Crippen molar-refractivity contribution in [1.29, 1.82) is 0 Å². The van der Waals surface area contributed by atoms with E-state index in [-0.39, 0.29) is 17.6 Å². The van der Waals surface area contributed by atoms with Gasteiger partial charge in [-0.1, -0.05) is 37.6 Å². The van der Waals surface area contributed by atoms with Crippen molar-refractivity contribution in [1.82, 2.24) is 5.32 Å². The first-order valence-corrected chi connectivity index (χ1v) is 11.8. The minimum absolute atomic E-state index is 0.0339. The summed E-state index contributed by atoms with van der Waals surface area (Å²) in [6.07, 6.45) is 0.784. The SMILES string of the molecule is COc1cc2c(c(Cl)c1OC)CCNCC2c1ccc(S(=O)(=O)CC(C)C)cc1. The van der Waals surface area contributed by atoms with Gasteiger partial charge in [-0.3, -0.25) is 0 Å². The van der Waals surface area contributed by atoms with Crippen LogP contribution in [-0.2, 0) is 16.3 Å². The van der Waals surface area contributed by atoms with Crippen LogP contribution in [0.25, 0.3) is 0 Å².